The fourth-order valence-electron chi connectivity index (χ4n) is 2.83. The van der Waals surface area contributed by atoms with E-state index in [9.17, 15) is 9.59 Å². The summed E-state index contributed by atoms with van der Waals surface area (Å²) in [6.45, 7) is 4.49. The topological polar surface area (TPSA) is 61.4 Å². The minimum absolute atomic E-state index is 0.0484. The van der Waals surface area contributed by atoms with E-state index in [2.05, 4.69) is 17.6 Å². The average molecular weight is 273 g/mol. The van der Waals surface area contributed by atoms with E-state index in [-0.39, 0.29) is 17.9 Å². The summed E-state index contributed by atoms with van der Waals surface area (Å²) in [4.78, 5) is 25.8. The first-order valence-electron chi connectivity index (χ1n) is 7.09. The van der Waals surface area contributed by atoms with Gasteiger partial charge < -0.3 is 15.5 Å². The van der Waals surface area contributed by atoms with Gasteiger partial charge in [-0.25, -0.2) is 0 Å². The van der Waals surface area contributed by atoms with Crippen molar-refractivity contribution in [1.82, 2.24) is 10.2 Å². The lowest BCUT2D eigenvalue weighted by atomic mass is 9.99. The molecule has 0 spiro atoms. The molecule has 106 valence electrons. The first-order chi connectivity index (χ1) is 9.65. The Morgan fingerprint density at radius 2 is 2.20 bits per heavy atom. The van der Waals surface area contributed by atoms with Crippen LogP contribution in [0.4, 0.5) is 5.69 Å². The molecule has 0 radical (unpaired) electrons. The van der Waals surface area contributed by atoms with Crippen LogP contribution in [0.5, 0.6) is 0 Å². The highest BCUT2D eigenvalue weighted by Gasteiger charge is 2.25. The molecule has 0 aromatic heterocycles. The predicted octanol–water partition coefficient (Wildman–Crippen LogP) is 1.01. The highest BCUT2D eigenvalue weighted by atomic mass is 16.2. The maximum atomic E-state index is 12.6. The molecule has 1 aromatic rings. The summed E-state index contributed by atoms with van der Waals surface area (Å²) in [7, 11) is 0. The number of hydrogen-bond donors (Lipinski definition) is 2. The van der Waals surface area contributed by atoms with Gasteiger partial charge in [0.05, 0.1) is 0 Å². The Hall–Kier alpha value is -1.88. The van der Waals surface area contributed by atoms with Crippen LogP contribution in [0.2, 0.25) is 0 Å². The Labute approximate surface area is 118 Å². The maximum Gasteiger partial charge on any atom is 0.254 e. The number of benzene rings is 1. The molecular weight excluding hydrogens is 254 g/mol. The Morgan fingerprint density at radius 3 is 3.00 bits per heavy atom. The van der Waals surface area contributed by atoms with Gasteiger partial charge in [0, 0.05) is 43.3 Å². The summed E-state index contributed by atoms with van der Waals surface area (Å²) in [5.74, 6) is 0.131. The van der Waals surface area contributed by atoms with Crippen molar-refractivity contribution in [2.45, 2.75) is 25.8 Å². The second-order valence-electron chi connectivity index (χ2n) is 5.47. The number of amides is 2. The van der Waals surface area contributed by atoms with E-state index >= 15 is 0 Å². The zero-order valence-corrected chi connectivity index (χ0v) is 11.6. The van der Waals surface area contributed by atoms with Crippen LogP contribution >= 0.6 is 0 Å². The monoisotopic (exact) mass is 273 g/mol. The lowest BCUT2D eigenvalue weighted by Crippen LogP contribution is -2.52. The quantitative estimate of drug-likeness (QED) is 0.802. The van der Waals surface area contributed by atoms with Gasteiger partial charge in [-0.1, -0.05) is 0 Å². The summed E-state index contributed by atoms with van der Waals surface area (Å²) in [5.41, 5.74) is 2.61. The number of fused-ring (bicyclic) bond motifs is 1. The molecule has 3 rings (SSSR count). The van der Waals surface area contributed by atoms with Gasteiger partial charge in [0.2, 0.25) is 5.91 Å². The Morgan fingerprint density at radius 1 is 1.35 bits per heavy atom. The van der Waals surface area contributed by atoms with Crippen LogP contribution in [0.3, 0.4) is 0 Å². The van der Waals surface area contributed by atoms with Gasteiger partial charge in [0.15, 0.2) is 0 Å². The number of hydrogen-bond acceptors (Lipinski definition) is 3. The molecule has 1 aromatic carbocycles. The van der Waals surface area contributed by atoms with Gasteiger partial charge in [-0.05, 0) is 37.1 Å². The number of piperazine rings is 1. The lowest BCUT2D eigenvalue weighted by molar-refractivity contribution is -0.116. The first kappa shape index (κ1) is 13.1. The molecule has 0 saturated carbocycles. The number of nitrogens with zero attached hydrogens (tertiary/aromatic N) is 1. The molecule has 2 N–H and O–H groups in total. The summed E-state index contributed by atoms with van der Waals surface area (Å²) in [5, 5.41) is 6.12. The first-order valence-corrected chi connectivity index (χ1v) is 7.09. The van der Waals surface area contributed by atoms with E-state index in [1.54, 1.807) is 0 Å². The molecule has 2 heterocycles. The van der Waals surface area contributed by atoms with Crippen LogP contribution < -0.4 is 10.6 Å². The van der Waals surface area contributed by atoms with Crippen LogP contribution in [0.1, 0.15) is 29.3 Å². The predicted molar refractivity (Wildman–Crippen MR) is 76.8 cm³/mol. The zero-order valence-electron chi connectivity index (χ0n) is 11.6. The lowest BCUT2D eigenvalue weighted by Gasteiger charge is -2.34. The fourth-order valence-corrected chi connectivity index (χ4v) is 2.83. The number of aryl methyl sites for hydroxylation is 1. The molecule has 0 bridgehead atoms. The van der Waals surface area contributed by atoms with Crippen LogP contribution in [0, 0.1) is 0 Å². The summed E-state index contributed by atoms with van der Waals surface area (Å²) < 4.78 is 0. The van der Waals surface area contributed by atoms with Gasteiger partial charge >= 0.3 is 0 Å². The molecule has 0 aliphatic carbocycles. The summed E-state index contributed by atoms with van der Waals surface area (Å²) >= 11 is 0. The fraction of sp³-hybridized carbons (Fsp3) is 0.467. The molecule has 1 saturated heterocycles. The van der Waals surface area contributed by atoms with E-state index in [0.29, 0.717) is 18.4 Å². The van der Waals surface area contributed by atoms with Crippen molar-refractivity contribution in [3.05, 3.63) is 29.3 Å². The molecule has 20 heavy (non-hydrogen) atoms. The van der Waals surface area contributed by atoms with E-state index in [1.807, 2.05) is 23.1 Å². The van der Waals surface area contributed by atoms with Crippen molar-refractivity contribution in [1.29, 1.82) is 0 Å². The van der Waals surface area contributed by atoms with Crippen LogP contribution in [0.25, 0.3) is 0 Å². The largest absolute Gasteiger partial charge is 0.333 e. The van der Waals surface area contributed by atoms with Crippen molar-refractivity contribution in [3.63, 3.8) is 0 Å². The van der Waals surface area contributed by atoms with Crippen LogP contribution in [-0.2, 0) is 11.2 Å². The Balaban J connectivity index is 1.83. The van der Waals surface area contributed by atoms with Gasteiger partial charge in [0.25, 0.3) is 5.91 Å². The highest BCUT2D eigenvalue weighted by molar-refractivity contribution is 5.98. The number of carbonyl (C=O) groups is 2. The second-order valence-corrected chi connectivity index (χ2v) is 5.47. The van der Waals surface area contributed by atoms with Crippen molar-refractivity contribution < 1.29 is 9.59 Å². The normalized spacial score (nSPS) is 22.1. The molecular formula is C15H19N3O2. The Kier molecular flexibility index (Phi) is 3.44. The number of rotatable bonds is 1. The average Bonchev–Trinajstić information content (AvgIpc) is 2.46. The molecule has 2 amide bonds. The highest BCUT2D eigenvalue weighted by Crippen LogP contribution is 2.24. The smallest absolute Gasteiger partial charge is 0.254 e. The number of anilines is 1. The molecule has 1 fully saturated rings. The molecule has 0 unspecified atom stereocenters. The van der Waals surface area contributed by atoms with E-state index in [0.717, 1.165) is 30.9 Å². The summed E-state index contributed by atoms with van der Waals surface area (Å²) in [6.07, 6.45) is 1.20. The van der Waals surface area contributed by atoms with Crippen LogP contribution in [0.15, 0.2) is 18.2 Å². The summed E-state index contributed by atoms with van der Waals surface area (Å²) in [6, 6.07) is 5.78. The van der Waals surface area contributed by atoms with Gasteiger partial charge in [-0.15, -0.1) is 0 Å². The molecule has 5 nitrogen and oxygen atoms in total. The maximum absolute atomic E-state index is 12.6. The van der Waals surface area contributed by atoms with Crippen molar-refractivity contribution in [2.75, 3.05) is 25.0 Å². The SMILES string of the molecule is C[C@H]1CNCCN1C(=O)c1ccc2c(c1)CCC(=O)N2. The third kappa shape index (κ3) is 2.41. The standard InChI is InChI=1S/C15H19N3O2/c1-10-9-16-6-7-18(10)15(20)12-2-4-13-11(8-12)3-5-14(19)17-13/h2,4,8,10,16H,3,5-7,9H2,1H3,(H,17,19)/t10-/m0/s1. The van der Waals surface area contributed by atoms with Gasteiger partial charge in [0.1, 0.15) is 0 Å². The second kappa shape index (κ2) is 5.25. The van der Waals surface area contributed by atoms with Crippen molar-refractivity contribution >= 4 is 17.5 Å². The van der Waals surface area contributed by atoms with E-state index < -0.39 is 0 Å². The molecule has 2 aliphatic rings. The van der Waals surface area contributed by atoms with E-state index in [4.69, 9.17) is 0 Å². The van der Waals surface area contributed by atoms with Gasteiger partial charge in [-0.3, -0.25) is 9.59 Å². The molecule has 2 aliphatic heterocycles. The van der Waals surface area contributed by atoms with Gasteiger partial charge in [-0.2, -0.15) is 0 Å². The zero-order chi connectivity index (χ0) is 14.1. The minimum atomic E-state index is 0.0484. The van der Waals surface area contributed by atoms with E-state index in [1.165, 1.54) is 0 Å². The van der Waals surface area contributed by atoms with Crippen molar-refractivity contribution in [3.8, 4) is 0 Å². The van der Waals surface area contributed by atoms with Crippen LogP contribution in [-0.4, -0.2) is 42.4 Å². The third-order valence-corrected chi connectivity index (χ3v) is 4.01. The third-order valence-electron chi connectivity index (χ3n) is 4.01. The minimum Gasteiger partial charge on any atom is -0.333 e. The number of carbonyl (C=O) groups excluding carboxylic acids is 2. The Bertz CT molecular complexity index is 556. The molecule has 5 heteroatoms. The number of nitrogens with one attached hydrogen (secondary N) is 2. The molecule has 1 atom stereocenters. The van der Waals surface area contributed by atoms with Crippen molar-refractivity contribution in [2.24, 2.45) is 0 Å².